The third-order valence-electron chi connectivity index (χ3n) is 2.11. The lowest BCUT2D eigenvalue weighted by molar-refractivity contribution is 0.631. The number of halogens is 1. The van der Waals surface area contributed by atoms with Crippen LogP contribution < -0.4 is 10.6 Å². The van der Waals surface area contributed by atoms with Crippen LogP contribution in [0.4, 0.5) is 21.8 Å². The summed E-state index contributed by atoms with van der Waals surface area (Å²) in [7, 11) is 0. The molecule has 1 heterocycles. The van der Waals surface area contributed by atoms with Crippen molar-refractivity contribution in [1.82, 2.24) is 15.2 Å². The number of anilines is 3. The molecule has 0 spiro atoms. The van der Waals surface area contributed by atoms with Crippen LogP contribution in [0.3, 0.4) is 0 Å². The van der Waals surface area contributed by atoms with Gasteiger partial charge in [0.1, 0.15) is 5.82 Å². The van der Waals surface area contributed by atoms with E-state index in [0.29, 0.717) is 18.1 Å². The molecule has 2 N–H and O–H groups in total. The number of aromatic nitrogens is 3. The van der Waals surface area contributed by atoms with E-state index >= 15 is 0 Å². The Morgan fingerprint density at radius 3 is 2.94 bits per heavy atom. The summed E-state index contributed by atoms with van der Waals surface area (Å²) in [6.07, 6.45) is 3.18. The maximum Gasteiger partial charge on any atom is 0.249 e. The number of nitrogens with one attached hydrogen (secondary N) is 2. The van der Waals surface area contributed by atoms with Crippen molar-refractivity contribution in [3.63, 3.8) is 0 Å². The summed E-state index contributed by atoms with van der Waals surface area (Å²) in [5.74, 6) is 0.406. The molecule has 92 valence electrons. The fraction of sp³-hybridized carbons (Fsp3) is 0.0833. The highest BCUT2D eigenvalue weighted by molar-refractivity contribution is 5.54. The Hall–Kier alpha value is -2.50. The van der Waals surface area contributed by atoms with Gasteiger partial charge in [0.05, 0.1) is 11.9 Å². The minimum absolute atomic E-state index is 0.231. The molecule has 0 aliphatic heterocycles. The van der Waals surface area contributed by atoms with Crippen molar-refractivity contribution in [2.45, 2.75) is 0 Å². The molecule has 0 amide bonds. The van der Waals surface area contributed by atoms with Gasteiger partial charge in [-0.3, -0.25) is 0 Å². The second kappa shape index (κ2) is 5.72. The van der Waals surface area contributed by atoms with E-state index in [0.717, 1.165) is 0 Å². The standard InChI is InChI=1S/C12H12FN5/c1-2-7-14-11-8-15-18-12(17-11)16-10-6-4-3-5-9(10)13/h2-6,8H,1,7H2,(H2,14,16,17,18). The van der Waals surface area contributed by atoms with E-state index in [4.69, 9.17) is 0 Å². The van der Waals surface area contributed by atoms with E-state index < -0.39 is 0 Å². The molecule has 0 atom stereocenters. The Morgan fingerprint density at radius 2 is 2.17 bits per heavy atom. The fourth-order valence-electron chi connectivity index (χ4n) is 1.30. The van der Waals surface area contributed by atoms with E-state index in [-0.39, 0.29) is 11.8 Å². The second-order valence-electron chi connectivity index (χ2n) is 3.44. The van der Waals surface area contributed by atoms with Crippen molar-refractivity contribution in [1.29, 1.82) is 0 Å². The van der Waals surface area contributed by atoms with Gasteiger partial charge in [0.2, 0.25) is 5.95 Å². The number of rotatable bonds is 5. The third kappa shape index (κ3) is 3.00. The topological polar surface area (TPSA) is 62.7 Å². The van der Waals surface area contributed by atoms with Crippen LogP contribution in [0.2, 0.25) is 0 Å². The van der Waals surface area contributed by atoms with Gasteiger partial charge in [0, 0.05) is 6.54 Å². The van der Waals surface area contributed by atoms with Crippen LogP contribution in [0.1, 0.15) is 0 Å². The summed E-state index contributed by atoms with van der Waals surface area (Å²) >= 11 is 0. The molecule has 0 aliphatic rings. The van der Waals surface area contributed by atoms with E-state index in [9.17, 15) is 4.39 Å². The van der Waals surface area contributed by atoms with Gasteiger partial charge in [0.15, 0.2) is 5.82 Å². The summed E-state index contributed by atoms with van der Waals surface area (Å²) < 4.78 is 13.4. The van der Waals surface area contributed by atoms with Gasteiger partial charge in [0.25, 0.3) is 0 Å². The molecule has 0 fully saturated rings. The van der Waals surface area contributed by atoms with Crippen molar-refractivity contribution in [2.24, 2.45) is 0 Å². The summed E-state index contributed by atoms with van der Waals surface area (Å²) in [6, 6.07) is 6.29. The van der Waals surface area contributed by atoms with E-state index in [1.807, 2.05) is 0 Å². The molecule has 6 heteroatoms. The van der Waals surface area contributed by atoms with Gasteiger partial charge in [-0.15, -0.1) is 11.7 Å². The molecule has 0 bridgehead atoms. The van der Waals surface area contributed by atoms with Crippen LogP contribution in [0, 0.1) is 5.82 Å². The highest BCUT2D eigenvalue weighted by atomic mass is 19.1. The molecule has 0 unspecified atom stereocenters. The van der Waals surface area contributed by atoms with Crippen LogP contribution in [0.5, 0.6) is 0 Å². The summed E-state index contributed by atoms with van der Waals surface area (Å²) in [4.78, 5) is 4.14. The first kappa shape index (κ1) is 12.0. The molecule has 1 aromatic heterocycles. The number of para-hydroxylation sites is 1. The lowest BCUT2D eigenvalue weighted by Gasteiger charge is -2.06. The molecule has 0 radical (unpaired) electrons. The fourth-order valence-corrected chi connectivity index (χ4v) is 1.30. The quantitative estimate of drug-likeness (QED) is 0.792. The van der Waals surface area contributed by atoms with Gasteiger partial charge >= 0.3 is 0 Å². The van der Waals surface area contributed by atoms with Crippen LogP contribution >= 0.6 is 0 Å². The molecular weight excluding hydrogens is 233 g/mol. The zero-order valence-corrected chi connectivity index (χ0v) is 9.60. The summed E-state index contributed by atoms with van der Waals surface area (Å²) in [6.45, 7) is 4.15. The number of benzene rings is 1. The van der Waals surface area contributed by atoms with Gasteiger partial charge < -0.3 is 10.6 Å². The second-order valence-corrected chi connectivity index (χ2v) is 3.44. The largest absolute Gasteiger partial charge is 0.365 e. The van der Waals surface area contributed by atoms with Gasteiger partial charge in [-0.2, -0.15) is 10.1 Å². The Labute approximate surface area is 104 Å². The predicted octanol–water partition coefficient (Wildman–Crippen LogP) is 2.35. The zero-order chi connectivity index (χ0) is 12.8. The third-order valence-corrected chi connectivity index (χ3v) is 2.11. The van der Waals surface area contributed by atoms with Gasteiger partial charge in [-0.05, 0) is 12.1 Å². The molecule has 0 saturated carbocycles. The Balaban J connectivity index is 2.14. The molecule has 5 nitrogen and oxygen atoms in total. The number of hydrogen-bond acceptors (Lipinski definition) is 5. The maximum absolute atomic E-state index is 13.4. The SMILES string of the molecule is C=CCNc1cnnc(Nc2ccccc2F)n1. The van der Waals surface area contributed by atoms with Crippen molar-refractivity contribution in [3.05, 3.63) is 48.9 Å². The highest BCUT2D eigenvalue weighted by Gasteiger charge is 2.04. The average Bonchev–Trinajstić information content (AvgIpc) is 2.40. The van der Waals surface area contributed by atoms with E-state index in [1.54, 1.807) is 24.3 Å². The summed E-state index contributed by atoms with van der Waals surface area (Å²) in [5.41, 5.74) is 0.306. The van der Waals surface area contributed by atoms with Gasteiger partial charge in [-0.25, -0.2) is 4.39 Å². The molecule has 0 saturated heterocycles. The minimum Gasteiger partial charge on any atom is -0.365 e. The highest BCUT2D eigenvalue weighted by Crippen LogP contribution is 2.16. The molecule has 18 heavy (non-hydrogen) atoms. The van der Waals surface area contributed by atoms with Crippen LogP contribution in [0.25, 0.3) is 0 Å². The van der Waals surface area contributed by atoms with Crippen molar-refractivity contribution in [2.75, 3.05) is 17.2 Å². The average molecular weight is 245 g/mol. The van der Waals surface area contributed by atoms with Crippen LogP contribution in [-0.4, -0.2) is 21.7 Å². The number of hydrogen-bond donors (Lipinski definition) is 2. The van der Waals surface area contributed by atoms with Crippen molar-refractivity contribution >= 4 is 17.5 Å². The first-order chi connectivity index (χ1) is 8.79. The molecule has 1 aromatic carbocycles. The Morgan fingerprint density at radius 1 is 1.33 bits per heavy atom. The van der Waals surface area contributed by atoms with E-state index in [1.165, 1.54) is 12.3 Å². The smallest absolute Gasteiger partial charge is 0.249 e. The zero-order valence-electron chi connectivity index (χ0n) is 9.60. The Kier molecular flexibility index (Phi) is 3.80. The first-order valence-electron chi connectivity index (χ1n) is 5.35. The van der Waals surface area contributed by atoms with Crippen molar-refractivity contribution < 1.29 is 4.39 Å². The van der Waals surface area contributed by atoms with Crippen LogP contribution in [0.15, 0.2) is 43.1 Å². The minimum atomic E-state index is -0.370. The maximum atomic E-state index is 13.4. The van der Waals surface area contributed by atoms with E-state index in [2.05, 4.69) is 32.4 Å². The first-order valence-corrected chi connectivity index (χ1v) is 5.35. The normalized spacial score (nSPS) is 9.83. The predicted molar refractivity (Wildman–Crippen MR) is 68.2 cm³/mol. The molecule has 2 rings (SSSR count). The number of nitrogens with zero attached hydrogens (tertiary/aromatic N) is 3. The van der Waals surface area contributed by atoms with Crippen molar-refractivity contribution in [3.8, 4) is 0 Å². The van der Waals surface area contributed by atoms with Crippen LogP contribution in [-0.2, 0) is 0 Å². The monoisotopic (exact) mass is 245 g/mol. The lowest BCUT2D eigenvalue weighted by atomic mass is 10.3. The molecular formula is C12H12FN5. The summed E-state index contributed by atoms with van der Waals surface area (Å²) in [5, 5.41) is 13.3. The molecule has 0 aliphatic carbocycles. The lowest BCUT2D eigenvalue weighted by Crippen LogP contribution is -2.05. The molecule has 2 aromatic rings. The van der Waals surface area contributed by atoms with Gasteiger partial charge in [-0.1, -0.05) is 18.2 Å². The Bertz CT molecular complexity index is 543.